The summed E-state index contributed by atoms with van der Waals surface area (Å²) in [6.45, 7) is 3.63. The Balaban J connectivity index is 1.97. The summed E-state index contributed by atoms with van der Waals surface area (Å²) >= 11 is 0. The van der Waals surface area contributed by atoms with Crippen LogP contribution in [0.3, 0.4) is 0 Å². The monoisotopic (exact) mass is 364 g/mol. The lowest BCUT2D eigenvalue weighted by Crippen LogP contribution is -2.34. The van der Waals surface area contributed by atoms with Crippen LogP contribution in [0.1, 0.15) is 37.0 Å². The van der Waals surface area contributed by atoms with Crippen LogP contribution in [-0.4, -0.2) is 49.2 Å². The van der Waals surface area contributed by atoms with Gasteiger partial charge in [0.2, 0.25) is 0 Å². The Hall–Kier alpha value is -2.77. The molecular formula is C18H24N2O6. The number of hydrogen-bond acceptors (Lipinski definition) is 5. The second kappa shape index (κ2) is 8.07. The highest BCUT2D eigenvalue weighted by Gasteiger charge is 2.50. The van der Waals surface area contributed by atoms with Crippen LogP contribution in [0.2, 0.25) is 0 Å². The minimum atomic E-state index is -0.890. The Morgan fingerprint density at radius 1 is 1.23 bits per heavy atom. The first-order valence-electron chi connectivity index (χ1n) is 8.39. The first-order valence-corrected chi connectivity index (χ1v) is 8.39. The van der Waals surface area contributed by atoms with E-state index in [1.54, 1.807) is 6.07 Å². The minimum absolute atomic E-state index is 0.0135. The zero-order valence-corrected chi connectivity index (χ0v) is 15.1. The standard InChI is InChI=1S/C18H24N2O6/c1-11(2)20-15(21)9-26-13-5-4-12(8-14(13)25-3)16(22)19-10-18(6-7-18)17(23)24/h4-5,8,11H,6-7,9-10H2,1-3H3,(H,19,22)(H,20,21)(H,23,24). The van der Waals surface area contributed by atoms with E-state index in [2.05, 4.69) is 10.6 Å². The van der Waals surface area contributed by atoms with Crippen molar-refractivity contribution in [2.45, 2.75) is 32.7 Å². The average Bonchev–Trinajstić information content (AvgIpc) is 3.38. The first-order chi connectivity index (χ1) is 12.3. The highest BCUT2D eigenvalue weighted by molar-refractivity contribution is 5.95. The summed E-state index contributed by atoms with van der Waals surface area (Å²) in [5.74, 6) is -0.882. The molecule has 0 aliphatic heterocycles. The van der Waals surface area contributed by atoms with Gasteiger partial charge in [0, 0.05) is 18.2 Å². The van der Waals surface area contributed by atoms with Gasteiger partial charge in [0.05, 0.1) is 12.5 Å². The van der Waals surface area contributed by atoms with Crippen molar-refractivity contribution >= 4 is 17.8 Å². The van der Waals surface area contributed by atoms with Gasteiger partial charge in [-0.25, -0.2) is 0 Å². The van der Waals surface area contributed by atoms with Gasteiger partial charge >= 0.3 is 5.97 Å². The first kappa shape index (κ1) is 19.6. The van der Waals surface area contributed by atoms with E-state index in [0.29, 0.717) is 29.9 Å². The molecule has 1 aliphatic carbocycles. The van der Waals surface area contributed by atoms with Crippen molar-refractivity contribution in [3.8, 4) is 11.5 Å². The third-order valence-electron chi connectivity index (χ3n) is 4.13. The molecule has 142 valence electrons. The lowest BCUT2D eigenvalue weighted by Gasteiger charge is -2.14. The fourth-order valence-electron chi connectivity index (χ4n) is 2.40. The van der Waals surface area contributed by atoms with Crippen molar-refractivity contribution in [2.24, 2.45) is 5.41 Å². The van der Waals surface area contributed by atoms with E-state index in [9.17, 15) is 14.4 Å². The Morgan fingerprint density at radius 3 is 2.46 bits per heavy atom. The van der Waals surface area contributed by atoms with Crippen LogP contribution in [0.4, 0.5) is 0 Å². The summed E-state index contributed by atoms with van der Waals surface area (Å²) in [6, 6.07) is 4.58. The van der Waals surface area contributed by atoms with E-state index in [4.69, 9.17) is 14.6 Å². The zero-order valence-electron chi connectivity index (χ0n) is 15.1. The van der Waals surface area contributed by atoms with Gasteiger partial charge in [0.1, 0.15) is 0 Å². The van der Waals surface area contributed by atoms with Crippen LogP contribution in [0.5, 0.6) is 11.5 Å². The zero-order chi connectivity index (χ0) is 19.3. The maximum absolute atomic E-state index is 12.2. The average molecular weight is 364 g/mol. The van der Waals surface area contributed by atoms with Crippen LogP contribution >= 0.6 is 0 Å². The van der Waals surface area contributed by atoms with Gasteiger partial charge in [0.15, 0.2) is 18.1 Å². The van der Waals surface area contributed by atoms with E-state index >= 15 is 0 Å². The lowest BCUT2D eigenvalue weighted by atomic mass is 10.1. The van der Waals surface area contributed by atoms with Gasteiger partial charge < -0.3 is 25.2 Å². The van der Waals surface area contributed by atoms with E-state index in [0.717, 1.165) is 0 Å². The number of ether oxygens (including phenoxy) is 2. The summed E-state index contributed by atoms with van der Waals surface area (Å²) in [4.78, 5) is 35.0. The maximum atomic E-state index is 12.2. The largest absolute Gasteiger partial charge is 0.493 e. The predicted molar refractivity (Wildman–Crippen MR) is 93.4 cm³/mol. The van der Waals surface area contributed by atoms with Crippen LogP contribution in [-0.2, 0) is 9.59 Å². The SMILES string of the molecule is COc1cc(C(=O)NCC2(C(=O)O)CC2)ccc1OCC(=O)NC(C)C. The number of hydrogen-bond donors (Lipinski definition) is 3. The highest BCUT2D eigenvalue weighted by atomic mass is 16.5. The van der Waals surface area contributed by atoms with Gasteiger partial charge in [-0.1, -0.05) is 0 Å². The number of benzene rings is 1. The molecular weight excluding hydrogens is 340 g/mol. The van der Waals surface area contributed by atoms with Crippen LogP contribution in [0.25, 0.3) is 0 Å². The molecule has 0 aromatic heterocycles. The van der Waals surface area contributed by atoms with E-state index in [1.807, 2.05) is 13.8 Å². The lowest BCUT2D eigenvalue weighted by molar-refractivity contribution is -0.143. The molecule has 1 fully saturated rings. The number of rotatable bonds is 9. The molecule has 8 nitrogen and oxygen atoms in total. The predicted octanol–water partition coefficient (Wildman–Crippen LogP) is 1.19. The molecule has 0 radical (unpaired) electrons. The number of carboxylic acids is 1. The number of nitrogens with one attached hydrogen (secondary N) is 2. The number of methoxy groups -OCH3 is 1. The van der Waals surface area contributed by atoms with Crippen molar-refractivity contribution in [3.63, 3.8) is 0 Å². The summed E-state index contributed by atoms with van der Waals surface area (Å²) in [7, 11) is 1.43. The molecule has 26 heavy (non-hydrogen) atoms. The van der Waals surface area contributed by atoms with Crippen molar-refractivity contribution in [2.75, 3.05) is 20.3 Å². The fourth-order valence-corrected chi connectivity index (χ4v) is 2.40. The van der Waals surface area contributed by atoms with Gasteiger partial charge in [-0.3, -0.25) is 14.4 Å². The van der Waals surface area contributed by atoms with Gasteiger partial charge in [-0.15, -0.1) is 0 Å². The summed E-state index contributed by atoms with van der Waals surface area (Å²) in [5.41, 5.74) is -0.505. The topological polar surface area (TPSA) is 114 Å². The molecule has 1 aromatic carbocycles. The molecule has 0 spiro atoms. The molecule has 0 atom stereocenters. The van der Waals surface area contributed by atoms with E-state index in [1.165, 1.54) is 19.2 Å². The molecule has 0 unspecified atom stereocenters. The number of aliphatic carboxylic acids is 1. The second-order valence-corrected chi connectivity index (χ2v) is 6.64. The van der Waals surface area contributed by atoms with E-state index < -0.39 is 11.4 Å². The third kappa shape index (κ3) is 4.87. The summed E-state index contributed by atoms with van der Waals surface area (Å²) in [6.07, 6.45) is 1.13. The van der Waals surface area contributed by atoms with Gasteiger partial charge in [0.25, 0.3) is 11.8 Å². The molecule has 0 bridgehead atoms. The van der Waals surface area contributed by atoms with E-state index in [-0.39, 0.29) is 31.0 Å². The second-order valence-electron chi connectivity index (χ2n) is 6.64. The van der Waals surface area contributed by atoms with Crippen LogP contribution in [0, 0.1) is 5.41 Å². The van der Waals surface area contributed by atoms with Crippen molar-refractivity contribution < 1.29 is 29.0 Å². The van der Waals surface area contributed by atoms with Crippen molar-refractivity contribution in [1.82, 2.24) is 10.6 Å². The minimum Gasteiger partial charge on any atom is -0.493 e. The molecule has 8 heteroatoms. The summed E-state index contributed by atoms with van der Waals surface area (Å²) < 4.78 is 10.6. The quantitative estimate of drug-likeness (QED) is 0.607. The molecule has 3 N–H and O–H groups in total. The van der Waals surface area contributed by atoms with Crippen LogP contribution < -0.4 is 20.1 Å². The summed E-state index contributed by atoms with van der Waals surface area (Å²) in [5, 5.41) is 14.5. The molecule has 1 aliphatic rings. The molecule has 2 amide bonds. The Kier molecular flexibility index (Phi) is 6.07. The van der Waals surface area contributed by atoms with Gasteiger partial charge in [-0.2, -0.15) is 0 Å². The van der Waals surface area contributed by atoms with Crippen molar-refractivity contribution in [1.29, 1.82) is 0 Å². The normalized spacial score (nSPS) is 14.5. The molecule has 1 saturated carbocycles. The Labute approximate surface area is 151 Å². The molecule has 2 rings (SSSR count). The molecule has 0 heterocycles. The van der Waals surface area contributed by atoms with Crippen LogP contribution in [0.15, 0.2) is 18.2 Å². The third-order valence-corrected chi connectivity index (χ3v) is 4.13. The smallest absolute Gasteiger partial charge is 0.311 e. The van der Waals surface area contributed by atoms with Crippen molar-refractivity contribution in [3.05, 3.63) is 23.8 Å². The van der Waals surface area contributed by atoms with Gasteiger partial charge in [-0.05, 0) is 44.9 Å². The molecule has 1 aromatic rings. The highest BCUT2D eigenvalue weighted by Crippen LogP contribution is 2.45. The number of carboxylic acid groups (broad SMARTS) is 1. The number of amides is 2. The Bertz CT molecular complexity index is 697. The Morgan fingerprint density at radius 2 is 1.92 bits per heavy atom. The fraction of sp³-hybridized carbons (Fsp3) is 0.500. The number of carbonyl (C=O) groups is 3. The molecule has 0 saturated heterocycles. The number of carbonyl (C=O) groups excluding carboxylic acids is 2. The maximum Gasteiger partial charge on any atom is 0.311 e.